The molecule has 0 bridgehead atoms. The van der Waals surface area contributed by atoms with Gasteiger partial charge < -0.3 is 30.7 Å². The summed E-state index contributed by atoms with van der Waals surface area (Å²) in [4.78, 5) is 28.1. The molecule has 0 spiro atoms. The third kappa shape index (κ3) is 6.46. The number of rotatable bonds is 7. The van der Waals surface area contributed by atoms with Gasteiger partial charge in [0.1, 0.15) is 29.0 Å². The highest BCUT2D eigenvalue weighted by Gasteiger charge is 2.14. The first-order valence-corrected chi connectivity index (χ1v) is 11.1. The summed E-state index contributed by atoms with van der Waals surface area (Å²) in [6, 6.07) is 17.1. The lowest BCUT2D eigenvalue weighted by Crippen LogP contribution is -2.34. The molecule has 0 unspecified atom stereocenters. The number of hydrogen-bond acceptors (Lipinski definition) is 6. The summed E-state index contributed by atoms with van der Waals surface area (Å²) in [5, 5.41) is 11.4. The van der Waals surface area contributed by atoms with Crippen molar-refractivity contribution in [1.29, 1.82) is 0 Å². The van der Waals surface area contributed by atoms with Crippen LogP contribution in [0.15, 0.2) is 66.9 Å². The molecule has 3 amide bonds. The smallest absolute Gasteiger partial charge is 0.323 e. The highest BCUT2D eigenvalue weighted by molar-refractivity contribution is 5.99. The van der Waals surface area contributed by atoms with E-state index < -0.39 is 0 Å². The van der Waals surface area contributed by atoms with Crippen LogP contribution in [-0.2, 0) is 0 Å². The molecule has 2 heterocycles. The summed E-state index contributed by atoms with van der Waals surface area (Å²) >= 11 is 0. The molecule has 3 aromatic rings. The van der Waals surface area contributed by atoms with Crippen LogP contribution >= 0.6 is 0 Å². The Kier molecular flexibility index (Phi) is 7.56. The van der Waals surface area contributed by atoms with Gasteiger partial charge in [0.05, 0.1) is 0 Å². The Labute approximate surface area is 197 Å². The second-order valence-corrected chi connectivity index (χ2v) is 7.75. The Morgan fingerprint density at radius 3 is 2.12 bits per heavy atom. The fourth-order valence-electron chi connectivity index (χ4n) is 3.49. The Morgan fingerprint density at radius 1 is 0.882 bits per heavy atom. The molecule has 4 N–H and O–H groups in total. The van der Waals surface area contributed by atoms with Gasteiger partial charge in [0.2, 0.25) is 0 Å². The van der Waals surface area contributed by atoms with Crippen LogP contribution in [0.3, 0.4) is 0 Å². The van der Waals surface area contributed by atoms with Crippen LogP contribution in [0.25, 0.3) is 0 Å². The van der Waals surface area contributed by atoms with E-state index in [4.69, 9.17) is 9.47 Å². The van der Waals surface area contributed by atoms with Crippen molar-refractivity contribution in [3.8, 4) is 17.2 Å². The highest BCUT2D eigenvalue weighted by Crippen LogP contribution is 2.24. The van der Waals surface area contributed by atoms with Crippen LogP contribution in [0.4, 0.5) is 16.2 Å². The van der Waals surface area contributed by atoms with E-state index in [1.165, 1.54) is 6.20 Å². The van der Waals surface area contributed by atoms with Gasteiger partial charge in [-0.3, -0.25) is 9.78 Å². The van der Waals surface area contributed by atoms with Crippen LogP contribution in [0.2, 0.25) is 0 Å². The van der Waals surface area contributed by atoms with Gasteiger partial charge in [-0.15, -0.1) is 0 Å². The highest BCUT2D eigenvalue weighted by atomic mass is 16.5. The third-order valence-electron chi connectivity index (χ3n) is 5.24. The molecule has 1 fully saturated rings. The van der Waals surface area contributed by atoms with E-state index in [1.54, 1.807) is 43.4 Å². The molecule has 4 rings (SSSR count). The fourth-order valence-corrected chi connectivity index (χ4v) is 3.49. The quantitative estimate of drug-likeness (QED) is 0.423. The first-order chi connectivity index (χ1) is 16.6. The van der Waals surface area contributed by atoms with Crippen molar-refractivity contribution < 1.29 is 19.1 Å². The van der Waals surface area contributed by atoms with E-state index >= 15 is 0 Å². The lowest BCUT2D eigenvalue weighted by atomic mass is 10.1. The zero-order chi connectivity index (χ0) is 23.8. The maximum Gasteiger partial charge on any atom is 0.323 e. The van der Waals surface area contributed by atoms with Crippen LogP contribution in [0, 0.1) is 0 Å². The van der Waals surface area contributed by atoms with E-state index in [2.05, 4.69) is 26.3 Å². The van der Waals surface area contributed by atoms with Crippen LogP contribution in [-0.4, -0.2) is 43.2 Å². The van der Waals surface area contributed by atoms with Gasteiger partial charge in [-0.25, -0.2) is 4.79 Å². The number of carbonyl (C=O) groups excluding carboxylic acids is 2. The number of ether oxygens (including phenoxy) is 2. The third-order valence-corrected chi connectivity index (χ3v) is 5.24. The molecular formula is C25H27N5O4. The van der Waals surface area contributed by atoms with Gasteiger partial charge >= 0.3 is 6.03 Å². The zero-order valence-corrected chi connectivity index (χ0v) is 18.8. The molecule has 0 radical (unpaired) electrons. The van der Waals surface area contributed by atoms with Crippen molar-refractivity contribution in [2.45, 2.75) is 18.9 Å². The molecule has 2 aromatic carbocycles. The largest absolute Gasteiger partial charge is 0.490 e. The van der Waals surface area contributed by atoms with Gasteiger partial charge in [-0.05, 0) is 80.5 Å². The van der Waals surface area contributed by atoms with Gasteiger partial charge in [0.25, 0.3) is 5.91 Å². The normalized spacial score (nSPS) is 13.6. The number of anilines is 2. The summed E-state index contributed by atoms with van der Waals surface area (Å²) < 4.78 is 11.8. The van der Waals surface area contributed by atoms with Crippen molar-refractivity contribution in [3.05, 3.63) is 72.6 Å². The Bertz CT molecular complexity index is 1110. The number of amides is 3. The molecule has 1 aromatic heterocycles. The zero-order valence-electron chi connectivity index (χ0n) is 18.8. The predicted octanol–water partition coefficient (Wildman–Crippen LogP) is 4.01. The predicted molar refractivity (Wildman–Crippen MR) is 130 cm³/mol. The standard InChI is InChI=1S/C25H27N5O4/c1-26-24(31)23-16-22(12-15-28-23)34-20-8-4-18(5-9-20)30-25(32)29-17-2-6-19(7-3-17)33-21-10-13-27-14-11-21/h2-9,12,15-16,21,27H,10-11,13-14H2,1H3,(H,26,31)(H2,29,30,32). The average Bonchev–Trinajstić information content (AvgIpc) is 2.87. The number of pyridine rings is 1. The molecule has 34 heavy (non-hydrogen) atoms. The molecule has 9 heteroatoms. The van der Waals surface area contributed by atoms with Crippen LogP contribution in [0.5, 0.6) is 17.2 Å². The number of nitrogens with zero attached hydrogens (tertiary/aromatic N) is 1. The number of aromatic nitrogens is 1. The SMILES string of the molecule is CNC(=O)c1cc(Oc2ccc(NC(=O)Nc3ccc(OC4CCNCC4)cc3)cc2)ccn1. The molecule has 1 aliphatic heterocycles. The summed E-state index contributed by atoms with van der Waals surface area (Å²) in [5.41, 5.74) is 1.54. The fraction of sp³-hybridized carbons (Fsp3) is 0.240. The minimum Gasteiger partial charge on any atom is -0.490 e. The topological polar surface area (TPSA) is 114 Å². The Balaban J connectivity index is 1.27. The molecule has 1 saturated heterocycles. The maximum absolute atomic E-state index is 12.4. The number of carbonyl (C=O) groups is 2. The van der Waals surface area contributed by atoms with Crippen LogP contribution in [0.1, 0.15) is 23.3 Å². The Morgan fingerprint density at radius 2 is 1.50 bits per heavy atom. The molecule has 0 aliphatic carbocycles. The van der Waals surface area contributed by atoms with E-state index in [1.807, 2.05) is 24.3 Å². The van der Waals surface area contributed by atoms with Gasteiger partial charge in [-0.1, -0.05) is 0 Å². The first-order valence-electron chi connectivity index (χ1n) is 11.1. The second-order valence-electron chi connectivity index (χ2n) is 7.75. The number of urea groups is 1. The summed E-state index contributed by atoms with van der Waals surface area (Å²) in [5.74, 6) is 1.55. The maximum atomic E-state index is 12.4. The lowest BCUT2D eigenvalue weighted by molar-refractivity contribution is 0.0957. The number of benzene rings is 2. The molecule has 176 valence electrons. The van der Waals surface area contributed by atoms with Crippen molar-refractivity contribution in [3.63, 3.8) is 0 Å². The summed E-state index contributed by atoms with van der Waals surface area (Å²) in [7, 11) is 1.54. The number of nitrogens with one attached hydrogen (secondary N) is 4. The number of piperidine rings is 1. The van der Waals surface area contributed by atoms with Gasteiger partial charge in [0.15, 0.2) is 0 Å². The van der Waals surface area contributed by atoms with Gasteiger partial charge in [0, 0.05) is 30.7 Å². The van der Waals surface area contributed by atoms with Crippen molar-refractivity contribution in [2.24, 2.45) is 0 Å². The van der Waals surface area contributed by atoms with E-state index in [0.29, 0.717) is 22.9 Å². The lowest BCUT2D eigenvalue weighted by Gasteiger charge is -2.23. The summed E-state index contributed by atoms with van der Waals surface area (Å²) in [6.07, 6.45) is 3.72. The molecule has 0 saturated carbocycles. The molecular weight excluding hydrogens is 434 g/mol. The van der Waals surface area contributed by atoms with Crippen molar-refractivity contribution in [2.75, 3.05) is 30.8 Å². The van der Waals surface area contributed by atoms with E-state index in [9.17, 15) is 9.59 Å². The second kappa shape index (κ2) is 11.2. The van der Waals surface area contributed by atoms with Crippen molar-refractivity contribution in [1.82, 2.24) is 15.6 Å². The molecule has 0 atom stereocenters. The monoisotopic (exact) mass is 461 g/mol. The first kappa shape index (κ1) is 23.1. The molecule has 9 nitrogen and oxygen atoms in total. The Hall–Kier alpha value is -4.11. The van der Waals surface area contributed by atoms with E-state index in [0.717, 1.165) is 31.7 Å². The minimum absolute atomic E-state index is 0.228. The van der Waals surface area contributed by atoms with E-state index in [-0.39, 0.29) is 23.7 Å². The van der Waals surface area contributed by atoms with Crippen LogP contribution < -0.4 is 30.7 Å². The van der Waals surface area contributed by atoms with Gasteiger partial charge in [-0.2, -0.15) is 0 Å². The number of hydrogen-bond donors (Lipinski definition) is 4. The average molecular weight is 462 g/mol. The minimum atomic E-state index is -0.356. The van der Waals surface area contributed by atoms with Crippen molar-refractivity contribution >= 4 is 23.3 Å². The summed E-state index contributed by atoms with van der Waals surface area (Å²) in [6.45, 7) is 1.94. The molecule has 1 aliphatic rings.